The minimum atomic E-state index is -1.26. The third-order valence-corrected chi connectivity index (χ3v) is 7.24. The smallest absolute Gasteiger partial charge is 0.266 e. The molecule has 1 aliphatic heterocycles. The van der Waals surface area contributed by atoms with Crippen LogP contribution in [0.4, 0.5) is 0 Å². The fraction of sp³-hybridized carbons (Fsp3) is 0.257. The van der Waals surface area contributed by atoms with Gasteiger partial charge in [0.05, 0.1) is 6.61 Å². The predicted octanol–water partition coefficient (Wildman–Crippen LogP) is 5.65. The molecule has 1 amide bonds. The van der Waals surface area contributed by atoms with Gasteiger partial charge in [0.15, 0.2) is 11.6 Å². The number of aliphatic imine (C=N–C) groups is 1. The second kappa shape index (κ2) is 13.9. The molecule has 2 atom stereocenters. The number of hydrazine groups is 1. The summed E-state index contributed by atoms with van der Waals surface area (Å²) in [7, 11) is 0. The first-order valence-electron chi connectivity index (χ1n) is 14.5. The lowest BCUT2D eigenvalue weighted by Gasteiger charge is -2.31. The quantitative estimate of drug-likeness (QED) is 0.145. The SMILES string of the molecule is CCCNNC(=O)[C@@]1(Cc2ccccc2)N=C(c2ccc(OCCCO)cc2)O[C@H]1c1ccc(-c2ccccc2)cc1. The number of aliphatic hydroxyl groups excluding tert-OH is 1. The van der Waals surface area contributed by atoms with Crippen molar-refractivity contribution in [1.29, 1.82) is 0 Å². The van der Waals surface area contributed by atoms with Gasteiger partial charge in [-0.3, -0.25) is 10.2 Å². The van der Waals surface area contributed by atoms with Crippen molar-refractivity contribution in [2.45, 2.75) is 37.8 Å². The number of carbonyl (C=O) groups excluding carboxylic acids is 1. The van der Waals surface area contributed by atoms with Gasteiger partial charge in [-0.25, -0.2) is 10.4 Å². The van der Waals surface area contributed by atoms with Crippen molar-refractivity contribution in [3.05, 3.63) is 126 Å². The first-order chi connectivity index (χ1) is 20.6. The van der Waals surface area contributed by atoms with E-state index in [0.29, 0.717) is 37.6 Å². The van der Waals surface area contributed by atoms with Gasteiger partial charge >= 0.3 is 0 Å². The van der Waals surface area contributed by atoms with Crippen molar-refractivity contribution >= 4 is 11.8 Å². The fourth-order valence-corrected chi connectivity index (χ4v) is 5.05. The second-order valence-electron chi connectivity index (χ2n) is 10.3. The highest BCUT2D eigenvalue weighted by molar-refractivity contribution is 6.01. The molecule has 7 nitrogen and oxygen atoms in total. The van der Waals surface area contributed by atoms with Crippen LogP contribution in [-0.4, -0.2) is 42.2 Å². The third-order valence-electron chi connectivity index (χ3n) is 7.24. The average molecular weight is 564 g/mol. The number of hydrogen-bond donors (Lipinski definition) is 3. The molecule has 0 saturated carbocycles. The predicted molar refractivity (Wildman–Crippen MR) is 165 cm³/mol. The van der Waals surface area contributed by atoms with Crippen LogP contribution in [0.15, 0.2) is 114 Å². The normalized spacial score (nSPS) is 17.8. The van der Waals surface area contributed by atoms with Crippen LogP contribution in [0, 0.1) is 0 Å². The van der Waals surface area contributed by atoms with Gasteiger partial charge in [-0.05, 0) is 52.9 Å². The Balaban J connectivity index is 1.53. The molecule has 4 aromatic rings. The Morgan fingerprint density at radius 2 is 1.52 bits per heavy atom. The topological polar surface area (TPSA) is 92.2 Å². The molecule has 0 fully saturated rings. The Hall–Kier alpha value is -4.46. The van der Waals surface area contributed by atoms with E-state index < -0.39 is 11.6 Å². The highest BCUT2D eigenvalue weighted by Crippen LogP contribution is 2.43. The summed E-state index contributed by atoms with van der Waals surface area (Å²) in [6.07, 6.45) is 1.12. The number of ether oxygens (including phenoxy) is 2. The number of amides is 1. The highest BCUT2D eigenvalue weighted by atomic mass is 16.5. The lowest BCUT2D eigenvalue weighted by molar-refractivity contribution is -0.130. The molecule has 7 heteroatoms. The summed E-state index contributed by atoms with van der Waals surface area (Å²) < 4.78 is 12.3. The van der Waals surface area contributed by atoms with Gasteiger partial charge in [0, 0.05) is 31.6 Å². The van der Waals surface area contributed by atoms with Gasteiger partial charge in [-0.1, -0.05) is 91.9 Å². The number of rotatable bonds is 13. The molecular weight excluding hydrogens is 526 g/mol. The number of benzene rings is 4. The summed E-state index contributed by atoms with van der Waals surface area (Å²) in [5.74, 6) is 0.836. The molecule has 0 aromatic heterocycles. The molecule has 0 radical (unpaired) electrons. The van der Waals surface area contributed by atoms with Gasteiger partial charge in [0.2, 0.25) is 5.90 Å². The number of nitrogens with one attached hydrogen (secondary N) is 2. The molecule has 1 aliphatic rings. The maximum Gasteiger partial charge on any atom is 0.266 e. The van der Waals surface area contributed by atoms with E-state index in [1.807, 2.05) is 91.9 Å². The maximum absolute atomic E-state index is 14.1. The average Bonchev–Trinajstić information content (AvgIpc) is 3.43. The van der Waals surface area contributed by atoms with E-state index in [4.69, 9.17) is 19.6 Å². The Labute approximate surface area is 247 Å². The van der Waals surface area contributed by atoms with Crippen LogP contribution in [0.5, 0.6) is 5.75 Å². The van der Waals surface area contributed by atoms with Gasteiger partial charge in [0.1, 0.15) is 5.75 Å². The summed E-state index contributed by atoms with van der Waals surface area (Å²) in [6.45, 7) is 3.19. The molecule has 0 aliphatic carbocycles. The summed E-state index contributed by atoms with van der Waals surface area (Å²) in [6, 6.07) is 35.7. The van der Waals surface area contributed by atoms with E-state index >= 15 is 0 Å². The van der Waals surface area contributed by atoms with Crippen molar-refractivity contribution in [2.75, 3.05) is 19.8 Å². The molecule has 5 rings (SSSR count). The molecule has 3 N–H and O–H groups in total. The van der Waals surface area contributed by atoms with Crippen LogP contribution in [0.25, 0.3) is 11.1 Å². The van der Waals surface area contributed by atoms with Crippen LogP contribution in [0.2, 0.25) is 0 Å². The van der Waals surface area contributed by atoms with E-state index in [1.54, 1.807) is 0 Å². The molecule has 0 bridgehead atoms. The maximum atomic E-state index is 14.1. The van der Waals surface area contributed by atoms with Crippen LogP contribution in [0.3, 0.4) is 0 Å². The monoisotopic (exact) mass is 563 g/mol. The molecule has 4 aromatic carbocycles. The van der Waals surface area contributed by atoms with Crippen molar-refractivity contribution in [3.63, 3.8) is 0 Å². The Morgan fingerprint density at radius 1 is 0.881 bits per heavy atom. The number of nitrogens with zero attached hydrogens (tertiary/aromatic N) is 1. The molecule has 0 saturated heterocycles. The van der Waals surface area contributed by atoms with Crippen molar-refractivity contribution < 1.29 is 19.4 Å². The Bertz CT molecular complexity index is 1460. The molecule has 0 unspecified atom stereocenters. The molecule has 216 valence electrons. The zero-order valence-electron chi connectivity index (χ0n) is 23.8. The zero-order valence-corrected chi connectivity index (χ0v) is 23.8. The van der Waals surface area contributed by atoms with Gasteiger partial charge < -0.3 is 14.6 Å². The van der Waals surface area contributed by atoms with Gasteiger partial charge in [0.25, 0.3) is 5.91 Å². The Morgan fingerprint density at radius 3 is 2.19 bits per heavy atom. The van der Waals surface area contributed by atoms with E-state index in [9.17, 15) is 4.79 Å². The van der Waals surface area contributed by atoms with E-state index in [0.717, 1.165) is 34.2 Å². The summed E-state index contributed by atoms with van der Waals surface area (Å²) in [5, 5.41) is 9.04. The number of hydrogen-bond acceptors (Lipinski definition) is 6. The zero-order chi connectivity index (χ0) is 29.2. The largest absolute Gasteiger partial charge is 0.494 e. The minimum Gasteiger partial charge on any atom is -0.494 e. The highest BCUT2D eigenvalue weighted by Gasteiger charge is 2.53. The molecule has 42 heavy (non-hydrogen) atoms. The van der Waals surface area contributed by atoms with E-state index in [2.05, 4.69) is 35.1 Å². The van der Waals surface area contributed by atoms with Crippen LogP contribution < -0.4 is 15.6 Å². The number of aliphatic hydroxyl groups is 1. The van der Waals surface area contributed by atoms with E-state index in [1.165, 1.54) is 0 Å². The molecular formula is C35H37N3O4. The molecule has 0 spiro atoms. The van der Waals surface area contributed by atoms with Crippen molar-refractivity contribution in [2.24, 2.45) is 4.99 Å². The van der Waals surface area contributed by atoms with Gasteiger partial charge in [-0.2, -0.15) is 0 Å². The molecule has 1 heterocycles. The van der Waals surface area contributed by atoms with Crippen LogP contribution >= 0.6 is 0 Å². The Kier molecular flexibility index (Phi) is 9.64. The van der Waals surface area contributed by atoms with Crippen LogP contribution in [-0.2, 0) is 16.0 Å². The van der Waals surface area contributed by atoms with Crippen LogP contribution in [0.1, 0.15) is 42.6 Å². The van der Waals surface area contributed by atoms with Crippen molar-refractivity contribution in [3.8, 4) is 16.9 Å². The lowest BCUT2D eigenvalue weighted by Crippen LogP contribution is -2.54. The van der Waals surface area contributed by atoms with Crippen molar-refractivity contribution in [1.82, 2.24) is 10.9 Å². The minimum absolute atomic E-state index is 0.0785. The first-order valence-corrected chi connectivity index (χ1v) is 14.5. The first kappa shape index (κ1) is 29.0. The standard InChI is InChI=1S/C35H37N3O4/c1-2-22-36-38-34(40)35(25-26-10-5-3-6-11-26)32(29-16-14-28(15-17-29)27-12-7-4-8-13-27)42-33(37-35)30-18-20-31(21-19-30)41-24-9-23-39/h3-8,10-21,32,36,39H,2,9,22-25H2,1H3,(H,38,40)/t32-,35-/m0/s1. The number of carbonyl (C=O) groups is 1. The van der Waals surface area contributed by atoms with E-state index in [-0.39, 0.29) is 12.5 Å². The van der Waals surface area contributed by atoms with Gasteiger partial charge in [-0.15, -0.1) is 0 Å². The fourth-order valence-electron chi connectivity index (χ4n) is 5.05. The lowest BCUT2D eigenvalue weighted by atomic mass is 9.82. The third kappa shape index (κ3) is 6.70. The second-order valence-corrected chi connectivity index (χ2v) is 10.3. The summed E-state index contributed by atoms with van der Waals surface area (Å²) in [5.41, 5.74) is 9.50. The summed E-state index contributed by atoms with van der Waals surface area (Å²) in [4.78, 5) is 19.2. The summed E-state index contributed by atoms with van der Waals surface area (Å²) >= 11 is 0.